The van der Waals surface area contributed by atoms with Gasteiger partial charge in [-0.2, -0.15) is 0 Å². The van der Waals surface area contributed by atoms with Gasteiger partial charge in [-0.25, -0.2) is 0 Å². The van der Waals surface area contributed by atoms with Crippen molar-refractivity contribution >= 4 is 17.7 Å². The Hall–Kier alpha value is -1.00. The van der Waals surface area contributed by atoms with E-state index in [-0.39, 0.29) is 0 Å². The van der Waals surface area contributed by atoms with Crippen molar-refractivity contribution in [2.24, 2.45) is 0 Å². The zero-order valence-electron chi connectivity index (χ0n) is 12.9. The number of rotatable bonds is 6. The maximum absolute atomic E-state index is 12.3. The maximum atomic E-state index is 12.3. The Morgan fingerprint density at radius 2 is 2.00 bits per heavy atom. The van der Waals surface area contributed by atoms with Crippen LogP contribution in [-0.2, 0) is 11.3 Å². The van der Waals surface area contributed by atoms with Crippen LogP contribution >= 0.6 is 11.8 Å². The molecule has 0 bridgehead atoms. The molecule has 0 atom stereocenters. The molecule has 2 rings (SSSR count). The second-order valence-corrected chi connectivity index (χ2v) is 6.56. The van der Waals surface area contributed by atoms with Crippen molar-refractivity contribution in [3.8, 4) is 0 Å². The quantitative estimate of drug-likeness (QED) is 0.819. The number of carbonyl (C=O) groups excluding carboxylic acids is 1. The fourth-order valence-electron chi connectivity index (χ4n) is 2.57. The van der Waals surface area contributed by atoms with Gasteiger partial charge in [0, 0.05) is 24.5 Å². The summed E-state index contributed by atoms with van der Waals surface area (Å²) in [5.74, 6) is 0.851. The Labute approximate surface area is 132 Å². The highest BCUT2D eigenvalue weighted by Crippen LogP contribution is 2.20. The second-order valence-electron chi connectivity index (χ2n) is 5.51. The normalized spacial score (nSPS) is 15.8. The molecular weight excluding hydrogens is 280 g/mol. The number of nitrogens with zero attached hydrogens (tertiary/aromatic N) is 1. The number of hydrogen-bond donors (Lipinski definition) is 1. The summed E-state index contributed by atoms with van der Waals surface area (Å²) < 4.78 is 0. The van der Waals surface area contributed by atoms with E-state index in [1.54, 1.807) is 11.8 Å². The van der Waals surface area contributed by atoms with Crippen molar-refractivity contribution in [3.05, 3.63) is 29.8 Å². The van der Waals surface area contributed by atoms with Gasteiger partial charge >= 0.3 is 0 Å². The summed E-state index contributed by atoms with van der Waals surface area (Å²) in [6.45, 7) is 5.87. The number of carbonyl (C=O) groups is 1. The molecule has 1 N–H and O–H groups in total. The largest absolute Gasteiger partial charge is 0.342 e. The van der Waals surface area contributed by atoms with Gasteiger partial charge in [0.2, 0.25) is 5.91 Å². The maximum Gasteiger partial charge on any atom is 0.232 e. The summed E-state index contributed by atoms with van der Waals surface area (Å²) in [6.07, 6.45) is 4.86. The molecule has 3 nitrogen and oxygen atoms in total. The third-order valence-electron chi connectivity index (χ3n) is 3.80. The number of thioether (sulfide) groups is 1. The predicted molar refractivity (Wildman–Crippen MR) is 89.6 cm³/mol. The summed E-state index contributed by atoms with van der Waals surface area (Å²) in [5.41, 5.74) is 1.28. The number of hydrogen-bond acceptors (Lipinski definition) is 3. The topological polar surface area (TPSA) is 32.3 Å². The van der Waals surface area contributed by atoms with Gasteiger partial charge in [-0.1, -0.05) is 31.9 Å². The molecule has 1 aliphatic heterocycles. The van der Waals surface area contributed by atoms with Crippen molar-refractivity contribution < 1.29 is 4.79 Å². The minimum atomic E-state index is 0.291. The highest BCUT2D eigenvalue weighted by molar-refractivity contribution is 8.00. The molecule has 0 spiro atoms. The molecule has 1 fully saturated rings. The molecule has 1 saturated heterocycles. The lowest BCUT2D eigenvalue weighted by molar-refractivity contribution is -0.128. The molecule has 0 saturated carbocycles. The minimum absolute atomic E-state index is 0.291. The van der Waals surface area contributed by atoms with E-state index in [4.69, 9.17) is 0 Å². The van der Waals surface area contributed by atoms with Gasteiger partial charge in [0.05, 0.1) is 5.75 Å². The van der Waals surface area contributed by atoms with Crippen molar-refractivity contribution in [2.45, 2.75) is 44.0 Å². The van der Waals surface area contributed by atoms with Crippen LogP contribution in [-0.4, -0.2) is 36.2 Å². The Kier molecular flexibility index (Phi) is 7.10. The van der Waals surface area contributed by atoms with E-state index in [1.807, 2.05) is 4.90 Å². The SMILES string of the molecule is CCNCc1cccc(SCC(=O)N2CCCCCC2)c1. The van der Waals surface area contributed by atoms with E-state index in [9.17, 15) is 4.79 Å². The van der Waals surface area contributed by atoms with E-state index in [2.05, 4.69) is 36.5 Å². The molecule has 116 valence electrons. The van der Waals surface area contributed by atoms with Crippen LogP contribution in [0.5, 0.6) is 0 Å². The molecule has 0 radical (unpaired) electrons. The fraction of sp³-hybridized carbons (Fsp3) is 0.588. The Balaban J connectivity index is 1.82. The van der Waals surface area contributed by atoms with Crippen LogP contribution in [0.2, 0.25) is 0 Å². The van der Waals surface area contributed by atoms with Gasteiger partial charge in [-0.15, -0.1) is 11.8 Å². The molecule has 0 aromatic heterocycles. The molecule has 21 heavy (non-hydrogen) atoms. The first-order valence-corrected chi connectivity index (χ1v) is 8.98. The van der Waals surface area contributed by atoms with Crippen LogP contribution < -0.4 is 5.32 Å². The Morgan fingerprint density at radius 1 is 1.24 bits per heavy atom. The van der Waals surface area contributed by atoms with Crippen LogP contribution in [0, 0.1) is 0 Å². The fourth-order valence-corrected chi connectivity index (χ4v) is 3.45. The highest BCUT2D eigenvalue weighted by Gasteiger charge is 2.15. The zero-order chi connectivity index (χ0) is 14.9. The van der Waals surface area contributed by atoms with Gasteiger partial charge in [-0.05, 0) is 37.1 Å². The van der Waals surface area contributed by atoms with Crippen molar-refractivity contribution in [3.63, 3.8) is 0 Å². The van der Waals surface area contributed by atoms with E-state index >= 15 is 0 Å². The lowest BCUT2D eigenvalue weighted by atomic mass is 10.2. The van der Waals surface area contributed by atoms with E-state index in [0.717, 1.165) is 39.0 Å². The van der Waals surface area contributed by atoms with E-state index < -0.39 is 0 Å². The first-order chi connectivity index (χ1) is 10.3. The Bertz CT molecular complexity index is 442. The monoisotopic (exact) mass is 306 g/mol. The average molecular weight is 306 g/mol. The van der Waals surface area contributed by atoms with E-state index in [1.165, 1.54) is 23.3 Å². The molecule has 1 amide bonds. The second kappa shape index (κ2) is 9.11. The van der Waals surface area contributed by atoms with Crippen LogP contribution in [0.1, 0.15) is 38.2 Å². The number of likely N-dealkylation sites (tertiary alicyclic amines) is 1. The molecule has 4 heteroatoms. The first-order valence-electron chi connectivity index (χ1n) is 8.00. The minimum Gasteiger partial charge on any atom is -0.342 e. The number of benzene rings is 1. The van der Waals surface area contributed by atoms with Crippen LogP contribution in [0.25, 0.3) is 0 Å². The summed E-state index contributed by atoms with van der Waals surface area (Å²) in [5, 5.41) is 3.33. The smallest absolute Gasteiger partial charge is 0.232 e. The predicted octanol–water partition coefficient (Wildman–Crippen LogP) is 3.29. The molecule has 1 aromatic rings. The highest BCUT2D eigenvalue weighted by atomic mass is 32.2. The molecule has 1 aromatic carbocycles. The Morgan fingerprint density at radius 3 is 2.71 bits per heavy atom. The van der Waals surface area contributed by atoms with Crippen molar-refractivity contribution in [1.82, 2.24) is 10.2 Å². The van der Waals surface area contributed by atoms with Gasteiger partial charge in [0.25, 0.3) is 0 Å². The third kappa shape index (κ3) is 5.71. The zero-order valence-corrected chi connectivity index (χ0v) is 13.8. The van der Waals surface area contributed by atoms with Crippen molar-refractivity contribution in [2.75, 3.05) is 25.4 Å². The van der Waals surface area contributed by atoms with Gasteiger partial charge in [-0.3, -0.25) is 4.79 Å². The third-order valence-corrected chi connectivity index (χ3v) is 4.78. The standard InChI is InChI=1S/C17H26N2OS/c1-2-18-13-15-8-7-9-16(12-15)21-14-17(20)19-10-5-3-4-6-11-19/h7-9,12,18H,2-6,10-11,13-14H2,1H3. The first kappa shape index (κ1) is 16.4. The summed E-state index contributed by atoms with van der Waals surface area (Å²) in [6, 6.07) is 8.48. The average Bonchev–Trinajstić information content (AvgIpc) is 2.80. The summed E-state index contributed by atoms with van der Waals surface area (Å²) in [7, 11) is 0. The van der Waals surface area contributed by atoms with Gasteiger partial charge in [0.1, 0.15) is 0 Å². The van der Waals surface area contributed by atoms with Crippen LogP contribution in [0.15, 0.2) is 29.2 Å². The van der Waals surface area contributed by atoms with Gasteiger partial charge < -0.3 is 10.2 Å². The molecule has 0 unspecified atom stereocenters. The number of nitrogens with one attached hydrogen (secondary N) is 1. The lowest BCUT2D eigenvalue weighted by Crippen LogP contribution is -2.33. The van der Waals surface area contributed by atoms with Crippen molar-refractivity contribution in [1.29, 1.82) is 0 Å². The lowest BCUT2D eigenvalue weighted by Gasteiger charge is -2.20. The molecule has 0 aliphatic carbocycles. The van der Waals surface area contributed by atoms with Crippen LogP contribution in [0.3, 0.4) is 0 Å². The van der Waals surface area contributed by atoms with E-state index in [0.29, 0.717) is 11.7 Å². The van der Waals surface area contributed by atoms with Crippen LogP contribution in [0.4, 0.5) is 0 Å². The summed E-state index contributed by atoms with van der Waals surface area (Å²) in [4.78, 5) is 15.5. The van der Waals surface area contributed by atoms with Gasteiger partial charge in [0.15, 0.2) is 0 Å². The summed E-state index contributed by atoms with van der Waals surface area (Å²) >= 11 is 1.66. The number of amides is 1. The molecular formula is C17H26N2OS. The molecule has 1 aliphatic rings. The molecule has 1 heterocycles.